The number of thioether (sulfide) groups is 1. The minimum atomic E-state index is -0.814. The van der Waals surface area contributed by atoms with E-state index >= 15 is 0 Å². The molecule has 0 fully saturated rings. The minimum Gasteiger partial charge on any atom is -0.252 e. The van der Waals surface area contributed by atoms with Crippen molar-refractivity contribution in [3.63, 3.8) is 0 Å². The average molecular weight is 712 g/mol. The van der Waals surface area contributed by atoms with Gasteiger partial charge in [-0.25, -0.2) is 9.97 Å². The fraction of sp³-hybridized carbons (Fsp3) is 0.0488. The van der Waals surface area contributed by atoms with E-state index in [0.717, 1.165) is 60.5 Å². The van der Waals surface area contributed by atoms with Crippen LogP contribution in [0, 0.1) is 0 Å². The summed E-state index contributed by atoms with van der Waals surface area (Å²) in [6.07, 6.45) is 5.88. The zero-order valence-electron chi connectivity index (χ0n) is 26.3. The summed E-state index contributed by atoms with van der Waals surface area (Å²) >= 11 is 16.8. The van der Waals surface area contributed by atoms with E-state index in [1.807, 2.05) is 30.3 Å². The van der Waals surface area contributed by atoms with E-state index in [9.17, 15) is 0 Å². The highest BCUT2D eigenvalue weighted by Gasteiger charge is 2.40. The van der Waals surface area contributed by atoms with E-state index in [1.54, 1.807) is 35.5 Å². The molecule has 0 N–H and O–H groups in total. The van der Waals surface area contributed by atoms with Crippen LogP contribution in [0.4, 0.5) is 0 Å². The van der Waals surface area contributed by atoms with Gasteiger partial charge in [-0.15, -0.1) is 23.1 Å². The highest BCUT2D eigenvalue weighted by molar-refractivity contribution is 8.00. The molecule has 0 saturated heterocycles. The van der Waals surface area contributed by atoms with Crippen LogP contribution < -0.4 is 0 Å². The van der Waals surface area contributed by atoms with Gasteiger partial charge in [0.15, 0.2) is 0 Å². The molecule has 0 spiro atoms. The summed E-state index contributed by atoms with van der Waals surface area (Å²) in [4.78, 5) is 10.5. The van der Waals surface area contributed by atoms with E-state index in [-0.39, 0.29) is 0 Å². The van der Waals surface area contributed by atoms with Gasteiger partial charge in [-0.05, 0) is 71.0 Å². The zero-order valence-corrected chi connectivity index (χ0v) is 29.4. The van der Waals surface area contributed by atoms with Crippen LogP contribution in [0.25, 0.3) is 43.9 Å². The molecular weight excluding hydrogens is 684 g/mol. The van der Waals surface area contributed by atoms with Crippen molar-refractivity contribution in [1.82, 2.24) is 19.7 Å². The van der Waals surface area contributed by atoms with E-state index in [1.165, 1.54) is 4.21 Å². The Labute approximate surface area is 303 Å². The molecule has 8 heteroatoms. The first-order valence-corrected chi connectivity index (χ1v) is 18.5. The normalized spacial score (nSPS) is 11.7. The van der Waals surface area contributed by atoms with Gasteiger partial charge in [0.2, 0.25) is 0 Å². The van der Waals surface area contributed by atoms with Crippen LogP contribution in [0.3, 0.4) is 0 Å². The average Bonchev–Trinajstić information content (AvgIpc) is 3.81. The number of hydrogen-bond acceptors (Lipinski definition) is 5. The van der Waals surface area contributed by atoms with Crippen LogP contribution in [0.1, 0.15) is 16.7 Å². The molecular formula is C41H28Cl2N4S2. The Balaban J connectivity index is 1.44. The summed E-state index contributed by atoms with van der Waals surface area (Å²) in [6, 6.07) is 47.8. The van der Waals surface area contributed by atoms with Crippen LogP contribution in [-0.4, -0.2) is 26.0 Å². The van der Waals surface area contributed by atoms with Gasteiger partial charge in [-0.3, -0.25) is 4.68 Å². The lowest BCUT2D eigenvalue weighted by atomic mass is 9.77. The lowest BCUT2D eigenvalue weighted by Gasteiger charge is -2.36. The summed E-state index contributed by atoms with van der Waals surface area (Å²) in [7, 11) is 0. The van der Waals surface area contributed by atoms with Crippen LogP contribution in [-0.2, 0) is 5.54 Å². The Morgan fingerprint density at radius 3 is 1.90 bits per heavy atom. The lowest BCUT2D eigenvalue weighted by Crippen LogP contribution is -2.38. The van der Waals surface area contributed by atoms with E-state index in [4.69, 9.17) is 33.3 Å². The van der Waals surface area contributed by atoms with Crippen molar-refractivity contribution in [1.29, 1.82) is 0 Å². The van der Waals surface area contributed by atoms with Gasteiger partial charge in [0.25, 0.3) is 0 Å². The predicted octanol–water partition coefficient (Wildman–Crippen LogP) is 11.8. The van der Waals surface area contributed by atoms with Crippen molar-refractivity contribution < 1.29 is 0 Å². The first kappa shape index (κ1) is 31.5. The summed E-state index contributed by atoms with van der Waals surface area (Å²) in [5, 5.41) is 7.54. The predicted molar refractivity (Wildman–Crippen MR) is 206 cm³/mol. The fourth-order valence-electron chi connectivity index (χ4n) is 6.55. The third-order valence-corrected chi connectivity index (χ3v) is 11.5. The van der Waals surface area contributed by atoms with Gasteiger partial charge in [-0.2, -0.15) is 5.10 Å². The van der Waals surface area contributed by atoms with Crippen molar-refractivity contribution in [2.45, 2.75) is 9.75 Å². The maximum Gasteiger partial charge on any atom is 0.138 e. The molecule has 0 saturated carbocycles. The quantitative estimate of drug-likeness (QED) is 0.116. The monoisotopic (exact) mass is 710 g/mol. The maximum atomic E-state index is 6.96. The Bertz CT molecular complexity index is 2310. The molecule has 8 aromatic rings. The molecule has 3 heterocycles. The zero-order chi connectivity index (χ0) is 33.4. The first-order valence-electron chi connectivity index (χ1n) is 15.7. The molecule has 3 aromatic heterocycles. The van der Waals surface area contributed by atoms with Gasteiger partial charge in [0.1, 0.15) is 17.6 Å². The van der Waals surface area contributed by atoms with Gasteiger partial charge >= 0.3 is 0 Å². The van der Waals surface area contributed by atoms with Crippen molar-refractivity contribution in [2.24, 2.45) is 0 Å². The SMILES string of the molecule is CSc1ccc(-c2ncnc3ccc(-c4cn(C(c5ccccc5)(c5ccccc5)c5ccccc5)nc4-c4ccc(Cl)cc4Cl)cc23)s1. The number of benzene rings is 5. The fourth-order valence-corrected chi connectivity index (χ4v) is 8.60. The van der Waals surface area contributed by atoms with Crippen LogP contribution in [0.15, 0.2) is 156 Å². The molecule has 4 nitrogen and oxygen atoms in total. The summed E-state index contributed by atoms with van der Waals surface area (Å²) in [5.74, 6) is 0. The molecule has 0 unspecified atom stereocenters. The highest BCUT2D eigenvalue weighted by Crippen LogP contribution is 2.45. The van der Waals surface area contributed by atoms with Crippen molar-refractivity contribution in [3.05, 3.63) is 179 Å². The van der Waals surface area contributed by atoms with Crippen LogP contribution >= 0.6 is 46.3 Å². The van der Waals surface area contributed by atoms with Crippen molar-refractivity contribution in [3.8, 4) is 33.0 Å². The molecule has 49 heavy (non-hydrogen) atoms. The minimum absolute atomic E-state index is 0.525. The second-order valence-corrected chi connectivity index (χ2v) is 14.6. The number of rotatable bonds is 8. The van der Waals surface area contributed by atoms with E-state index in [2.05, 4.69) is 125 Å². The summed E-state index contributed by atoms with van der Waals surface area (Å²) in [5.41, 5.74) is 7.62. The van der Waals surface area contributed by atoms with E-state index in [0.29, 0.717) is 10.0 Å². The number of thiophene rings is 1. The molecule has 0 bridgehead atoms. The highest BCUT2D eigenvalue weighted by atomic mass is 35.5. The van der Waals surface area contributed by atoms with Gasteiger partial charge in [-0.1, -0.05) is 120 Å². The van der Waals surface area contributed by atoms with Gasteiger partial charge in [0.05, 0.1) is 25.3 Å². The largest absolute Gasteiger partial charge is 0.252 e. The molecule has 0 amide bonds. The summed E-state index contributed by atoms with van der Waals surface area (Å²) in [6.45, 7) is 0. The Morgan fingerprint density at radius 1 is 0.653 bits per heavy atom. The molecule has 0 atom stereocenters. The number of nitrogens with zero attached hydrogens (tertiary/aromatic N) is 4. The molecule has 5 aromatic carbocycles. The van der Waals surface area contributed by atoms with Gasteiger partial charge < -0.3 is 0 Å². The van der Waals surface area contributed by atoms with Gasteiger partial charge in [0, 0.05) is 27.7 Å². The molecule has 238 valence electrons. The maximum absolute atomic E-state index is 6.96. The number of hydrogen-bond donors (Lipinski definition) is 0. The van der Waals surface area contributed by atoms with Crippen molar-refractivity contribution in [2.75, 3.05) is 6.26 Å². The molecule has 0 aliphatic carbocycles. The smallest absolute Gasteiger partial charge is 0.138 e. The number of halogens is 2. The summed E-state index contributed by atoms with van der Waals surface area (Å²) < 4.78 is 3.33. The number of fused-ring (bicyclic) bond motifs is 1. The lowest BCUT2D eigenvalue weighted by molar-refractivity contribution is 0.461. The van der Waals surface area contributed by atoms with Crippen LogP contribution in [0.2, 0.25) is 10.0 Å². The molecule has 0 aliphatic rings. The molecule has 8 rings (SSSR count). The van der Waals surface area contributed by atoms with Crippen molar-refractivity contribution >= 4 is 57.2 Å². The third-order valence-electron chi connectivity index (χ3n) is 8.78. The third kappa shape index (κ3) is 5.65. The molecule has 0 radical (unpaired) electrons. The number of aromatic nitrogens is 4. The Morgan fingerprint density at radius 2 is 1.31 bits per heavy atom. The Hall–Kier alpha value is -4.72. The Kier molecular flexibility index (Phi) is 8.56. The topological polar surface area (TPSA) is 43.6 Å². The second-order valence-electron chi connectivity index (χ2n) is 11.5. The van der Waals surface area contributed by atoms with Crippen LogP contribution in [0.5, 0.6) is 0 Å². The standard InChI is InChI=1S/C41H28Cl2N4S2/c1-48-38-22-21-37(49-38)40-33-23-27(17-20-36(33)44-26-45-40)34-25-47(46-39(34)32-19-18-31(42)24-35(32)43)41(28-11-5-2-6-12-28,29-13-7-3-8-14-29)30-15-9-4-10-16-30/h2-26H,1H3. The van der Waals surface area contributed by atoms with E-state index < -0.39 is 5.54 Å². The molecule has 0 aliphatic heterocycles. The second kappa shape index (κ2) is 13.3. The first-order chi connectivity index (χ1) is 24.1.